The van der Waals surface area contributed by atoms with Gasteiger partial charge in [-0.2, -0.15) is 10.2 Å². The molecular formula is C18H22N6OS. The quantitative estimate of drug-likeness (QED) is 0.594. The Labute approximate surface area is 157 Å². The van der Waals surface area contributed by atoms with E-state index < -0.39 is 0 Å². The van der Waals surface area contributed by atoms with Gasteiger partial charge in [0.05, 0.1) is 6.54 Å². The maximum atomic E-state index is 12.4. The second-order valence-corrected chi connectivity index (χ2v) is 6.88. The minimum atomic E-state index is -0.288. The Kier molecular flexibility index (Phi) is 6.41. The number of nitrogens with two attached hydrogens (primary N) is 1. The highest BCUT2D eigenvalue weighted by molar-refractivity contribution is 7.98. The summed E-state index contributed by atoms with van der Waals surface area (Å²) in [6.45, 7) is 4.36. The Balaban J connectivity index is 2.15. The van der Waals surface area contributed by atoms with Crippen LogP contribution in [0.3, 0.4) is 0 Å². The molecule has 0 unspecified atom stereocenters. The molecule has 2 aromatic rings. The molecule has 0 spiro atoms. The van der Waals surface area contributed by atoms with Gasteiger partial charge < -0.3 is 16.0 Å². The van der Waals surface area contributed by atoms with Gasteiger partial charge in [-0.15, -0.1) is 11.8 Å². The molecule has 7 nitrogen and oxygen atoms in total. The third-order valence-corrected chi connectivity index (χ3v) is 4.50. The first-order chi connectivity index (χ1) is 12.3. The fourth-order valence-corrected chi connectivity index (χ4v) is 2.93. The molecule has 0 bridgehead atoms. The Morgan fingerprint density at radius 2 is 2.15 bits per heavy atom. The van der Waals surface area contributed by atoms with Gasteiger partial charge in [-0.3, -0.25) is 4.79 Å². The van der Waals surface area contributed by atoms with Crippen molar-refractivity contribution in [3.05, 3.63) is 35.4 Å². The molecule has 1 aromatic carbocycles. The second-order valence-electron chi connectivity index (χ2n) is 6.08. The number of nitriles is 1. The zero-order chi connectivity index (χ0) is 19.3. The number of amides is 1. The number of hydrogen-bond acceptors (Lipinski definition) is 7. The maximum absolute atomic E-state index is 12.4. The van der Waals surface area contributed by atoms with Crippen molar-refractivity contribution in [1.29, 1.82) is 5.26 Å². The van der Waals surface area contributed by atoms with Gasteiger partial charge in [-0.05, 0) is 29.9 Å². The van der Waals surface area contributed by atoms with Crippen LogP contribution in [0.1, 0.15) is 30.9 Å². The first kappa shape index (κ1) is 19.5. The number of rotatable bonds is 6. The molecule has 1 amide bonds. The molecule has 1 aromatic heterocycles. The van der Waals surface area contributed by atoms with Crippen LogP contribution in [0.15, 0.2) is 29.3 Å². The highest BCUT2D eigenvalue weighted by Gasteiger charge is 2.16. The normalized spacial score (nSPS) is 10.5. The highest BCUT2D eigenvalue weighted by Crippen LogP contribution is 2.24. The molecule has 8 heteroatoms. The monoisotopic (exact) mass is 370 g/mol. The molecular weight excluding hydrogens is 348 g/mol. The summed E-state index contributed by atoms with van der Waals surface area (Å²) in [5, 5.41) is 12.4. The van der Waals surface area contributed by atoms with E-state index in [9.17, 15) is 10.1 Å². The lowest BCUT2D eigenvalue weighted by Crippen LogP contribution is -2.30. The summed E-state index contributed by atoms with van der Waals surface area (Å²) in [7, 11) is 1.84. The maximum Gasteiger partial charge on any atom is 0.245 e. The second kappa shape index (κ2) is 8.54. The van der Waals surface area contributed by atoms with Crippen LogP contribution in [0.5, 0.6) is 0 Å². The summed E-state index contributed by atoms with van der Waals surface area (Å²) in [4.78, 5) is 22.3. The van der Waals surface area contributed by atoms with Crippen molar-refractivity contribution in [2.75, 3.05) is 35.8 Å². The first-order valence-corrected chi connectivity index (χ1v) is 9.30. The summed E-state index contributed by atoms with van der Waals surface area (Å²) in [6, 6.07) is 10.1. The van der Waals surface area contributed by atoms with Crippen LogP contribution in [-0.2, 0) is 4.79 Å². The lowest BCUT2D eigenvalue weighted by atomic mass is 10.0. The van der Waals surface area contributed by atoms with E-state index >= 15 is 0 Å². The average molecular weight is 370 g/mol. The number of nitrogens with zero attached hydrogens (tertiary/aromatic N) is 4. The molecule has 3 N–H and O–H groups in total. The molecule has 0 radical (unpaired) electrons. The third-order valence-electron chi connectivity index (χ3n) is 3.81. The molecule has 26 heavy (non-hydrogen) atoms. The predicted molar refractivity (Wildman–Crippen MR) is 105 cm³/mol. The van der Waals surface area contributed by atoms with Crippen LogP contribution in [0.2, 0.25) is 0 Å². The van der Waals surface area contributed by atoms with E-state index in [0.29, 0.717) is 10.9 Å². The van der Waals surface area contributed by atoms with Crippen molar-refractivity contribution < 1.29 is 4.79 Å². The molecule has 0 aliphatic carbocycles. The number of carbonyl (C=O) groups excluding carboxylic acids is 1. The van der Waals surface area contributed by atoms with Crippen molar-refractivity contribution in [3.63, 3.8) is 0 Å². The van der Waals surface area contributed by atoms with Gasteiger partial charge >= 0.3 is 0 Å². The number of aromatic nitrogens is 2. The summed E-state index contributed by atoms with van der Waals surface area (Å²) in [6.07, 6.45) is 1.78. The molecule has 2 rings (SSSR count). The topological polar surface area (TPSA) is 108 Å². The number of hydrogen-bond donors (Lipinski definition) is 2. The summed E-state index contributed by atoms with van der Waals surface area (Å²) < 4.78 is 0. The minimum absolute atomic E-state index is 0.0154. The number of likely N-dealkylation sites (N-methyl/N-ethyl adjacent to an activating group) is 1. The fraction of sp³-hybridized carbons (Fsp3) is 0.333. The Morgan fingerprint density at radius 1 is 1.42 bits per heavy atom. The minimum Gasteiger partial charge on any atom is -0.368 e. The van der Waals surface area contributed by atoms with Gasteiger partial charge in [-0.1, -0.05) is 26.0 Å². The Bertz CT molecular complexity index is 846. The number of benzene rings is 1. The third kappa shape index (κ3) is 4.64. The zero-order valence-corrected chi connectivity index (χ0v) is 16.1. The van der Waals surface area contributed by atoms with Crippen LogP contribution in [0.4, 0.5) is 17.5 Å². The van der Waals surface area contributed by atoms with Crippen molar-refractivity contribution >= 4 is 35.1 Å². The number of anilines is 3. The van der Waals surface area contributed by atoms with Crippen molar-refractivity contribution in [2.45, 2.75) is 24.8 Å². The number of nitrogen functional groups attached to an aromatic ring is 1. The SMILES string of the molecule is CSc1nc(N)nc(NC(=O)CN(C)c2cccc(C(C)C)c2)c1C#N. The molecule has 0 aliphatic rings. The standard InChI is InChI=1S/C18H22N6OS/c1-11(2)12-6-5-7-13(8-12)24(3)10-15(25)21-16-14(9-19)17(26-4)23-18(20)22-16/h5-8,11H,10H2,1-4H3,(H3,20,21,22,23,25). The molecule has 0 fully saturated rings. The highest BCUT2D eigenvalue weighted by atomic mass is 32.2. The number of nitrogens with one attached hydrogen (secondary N) is 1. The lowest BCUT2D eigenvalue weighted by Gasteiger charge is -2.20. The van der Waals surface area contributed by atoms with E-state index in [1.54, 1.807) is 6.26 Å². The molecule has 0 atom stereocenters. The van der Waals surface area contributed by atoms with E-state index in [1.807, 2.05) is 30.1 Å². The smallest absolute Gasteiger partial charge is 0.245 e. The Hall–Kier alpha value is -2.79. The van der Waals surface area contributed by atoms with Crippen molar-refractivity contribution in [1.82, 2.24) is 9.97 Å². The van der Waals surface area contributed by atoms with E-state index in [1.165, 1.54) is 17.3 Å². The Morgan fingerprint density at radius 3 is 2.77 bits per heavy atom. The summed E-state index contributed by atoms with van der Waals surface area (Å²) in [5.74, 6) is 0.272. The molecule has 0 aliphatic heterocycles. The van der Waals surface area contributed by atoms with Crippen LogP contribution in [0, 0.1) is 11.3 Å². The van der Waals surface area contributed by atoms with Gasteiger partial charge in [0.25, 0.3) is 0 Å². The van der Waals surface area contributed by atoms with Crippen LogP contribution in [0.25, 0.3) is 0 Å². The van der Waals surface area contributed by atoms with Crippen LogP contribution < -0.4 is 16.0 Å². The molecule has 1 heterocycles. The molecule has 0 saturated carbocycles. The zero-order valence-electron chi connectivity index (χ0n) is 15.3. The van der Waals surface area contributed by atoms with Crippen LogP contribution in [-0.4, -0.2) is 35.7 Å². The van der Waals surface area contributed by atoms with E-state index in [2.05, 4.69) is 41.3 Å². The van der Waals surface area contributed by atoms with Gasteiger partial charge in [0.1, 0.15) is 16.7 Å². The van der Waals surface area contributed by atoms with E-state index in [0.717, 1.165) is 5.69 Å². The predicted octanol–water partition coefficient (Wildman–Crippen LogP) is 2.85. The van der Waals surface area contributed by atoms with E-state index in [4.69, 9.17) is 5.73 Å². The number of thioether (sulfide) groups is 1. The fourth-order valence-electron chi connectivity index (χ4n) is 2.40. The lowest BCUT2D eigenvalue weighted by molar-refractivity contribution is -0.114. The summed E-state index contributed by atoms with van der Waals surface area (Å²) in [5.41, 5.74) is 8.02. The van der Waals surface area contributed by atoms with Crippen molar-refractivity contribution in [2.24, 2.45) is 0 Å². The average Bonchev–Trinajstić information content (AvgIpc) is 2.61. The van der Waals surface area contributed by atoms with Gasteiger partial charge in [0, 0.05) is 12.7 Å². The van der Waals surface area contributed by atoms with Gasteiger partial charge in [-0.25, -0.2) is 4.98 Å². The van der Waals surface area contributed by atoms with Crippen molar-refractivity contribution in [3.8, 4) is 6.07 Å². The molecule has 136 valence electrons. The largest absolute Gasteiger partial charge is 0.368 e. The molecule has 0 saturated heterocycles. The van der Waals surface area contributed by atoms with Crippen LogP contribution >= 0.6 is 11.8 Å². The van der Waals surface area contributed by atoms with E-state index in [-0.39, 0.29) is 29.8 Å². The summed E-state index contributed by atoms with van der Waals surface area (Å²) >= 11 is 1.28. The van der Waals surface area contributed by atoms with Gasteiger partial charge in [0.2, 0.25) is 11.9 Å². The first-order valence-electron chi connectivity index (χ1n) is 8.08. The number of carbonyl (C=O) groups is 1. The van der Waals surface area contributed by atoms with Gasteiger partial charge in [0.15, 0.2) is 5.82 Å².